The number of ketones is 1. The maximum absolute atomic E-state index is 12.1. The van der Waals surface area contributed by atoms with E-state index in [0.29, 0.717) is 0 Å². The standard InChI is InChI=1S/C15H17NO3S/c1-10(2)15-11(4-3-5-12(15)17)13-8-16(6-7-20-13)9-14(18)19/h3-8,10,15H,9H2,1-2H3,(H,18,19). The second kappa shape index (κ2) is 6.13. The lowest BCUT2D eigenvalue weighted by molar-refractivity contribution is -0.137. The van der Waals surface area contributed by atoms with Crippen LogP contribution in [0.4, 0.5) is 0 Å². The molecule has 0 fully saturated rings. The molecule has 0 saturated carbocycles. The monoisotopic (exact) mass is 291 g/mol. The molecule has 0 radical (unpaired) electrons. The molecule has 0 spiro atoms. The minimum atomic E-state index is -0.883. The smallest absolute Gasteiger partial charge is 0.323 e. The molecule has 0 amide bonds. The molecule has 1 atom stereocenters. The van der Waals surface area contributed by atoms with Crippen molar-refractivity contribution < 1.29 is 14.7 Å². The molecule has 0 aromatic rings. The Morgan fingerprint density at radius 1 is 1.50 bits per heavy atom. The topological polar surface area (TPSA) is 57.6 Å². The number of allylic oxidation sites excluding steroid dienone is 4. The van der Waals surface area contributed by atoms with Gasteiger partial charge in [0.05, 0.1) is 5.92 Å². The van der Waals surface area contributed by atoms with Crippen molar-refractivity contribution in [1.29, 1.82) is 0 Å². The molecule has 1 unspecified atom stereocenters. The summed E-state index contributed by atoms with van der Waals surface area (Å²) in [4.78, 5) is 25.4. The van der Waals surface area contributed by atoms with E-state index in [2.05, 4.69) is 0 Å². The summed E-state index contributed by atoms with van der Waals surface area (Å²) < 4.78 is 0. The number of thioether (sulfide) groups is 1. The van der Waals surface area contributed by atoms with Gasteiger partial charge in [-0.05, 0) is 23.0 Å². The van der Waals surface area contributed by atoms with Crippen LogP contribution >= 0.6 is 11.8 Å². The molecule has 1 N–H and O–H groups in total. The number of rotatable bonds is 4. The molecule has 0 bridgehead atoms. The van der Waals surface area contributed by atoms with E-state index in [4.69, 9.17) is 5.11 Å². The van der Waals surface area contributed by atoms with Crippen molar-refractivity contribution in [3.63, 3.8) is 0 Å². The van der Waals surface area contributed by atoms with Crippen LogP contribution in [-0.4, -0.2) is 28.3 Å². The van der Waals surface area contributed by atoms with Crippen LogP contribution in [0.1, 0.15) is 13.8 Å². The second-order valence-corrected chi connectivity index (χ2v) is 6.02. The van der Waals surface area contributed by atoms with Gasteiger partial charge in [0, 0.05) is 17.3 Å². The highest BCUT2D eigenvalue weighted by atomic mass is 32.2. The van der Waals surface area contributed by atoms with Gasteiger partial charge in [0.15, 0.2) is 5.78 Å². The van der Waals surface area contributed by atoms with E-state index >= 15 is 0 Å². The quantitative estimate of drug-likeness (QED) is 0.863. The third kappa shape index (κ3) is 3.22. The fourth-order valence-electron chi connectivity index (χ4n) is 2.33. The fraction of sp³-hybridized carbons (Fsp3) is 0.333. The third-order valence-corrected chi connectivity index (χ3v) is 4.03. The number of carbonyl (C=O) groups excluding carboxylic acids is 1. The number of hydrogen-bond acceptors (Lipinski definition) is 4. The van der Waals surface area contributed by atoms with Crippen molar-refractivity contribution in [3.05, 3.63) is 46.5 Å². The fourth-order valence-corrected chi connectivity index (χ4v) is 3.22. The average molecular weight is 291 g/mol. The van der Waals surface area contributed by atoms with Crippen molar-refractivity contribution >= 4 is 23.5 Å². The Morgan fingerprint density at radius 2 is 2.25 bits per heavy atom. The maximum atomic E-state index is 12.1. The van der Waals surface area contributed by atoms with Crippen LogP contribution in [0.15, 0.2) is 46.5 Å². The van der Waals surface area contributed by atoms with Crippen LogP contribution in [0.3, 0.4) is 0 Å². The normalized spacial score (nSPS) is 22.1. The first-order valence-electron chi connectivity index (χ1n) is 6.44. The summed E-state index contributed by atoms with van der Waals surface area (Å²) in [6.45, 7) is 3.97. The Labute approximate surface area is 122 Å². The Bertz CT molecular complexity index is 543. The van der Waals surface area contributed by atoms with E-state index in [1.807, 2.05) is 25.3 Å². The summed E-state index contributed by atoms with van der Waals surface area (Å²) in [7, 11) is 0. The first-order chi connectivity index (χ1) is 9.49. The van der Waals surface area contributed by atoms with Gasteiger partial charge in [-0.1, -0.05) is 37.8 Å². The van der Waals surface area contributed by atoms with Gasteiger partial charge in [-0.2, -0.15) is 0 Å². The number of carbonyl (C=O) groups is 2. The molecule has 2 rings (SSSR count). The number of aliphatic carboxylic acids is 1. The lowest BCUT2D eigenvalue weighted by Crippen LogP contribution is -2.25. The van der Waals surface area contributed by atoms with Crippen molar-refractivity contribution in [2.75, 3.05) is 6.54 Å². The minimum absolute atomic E-state index is 0.0794. The van der Waals surface area contributed by atoms with Gasteiger partial charge in [-0.15, -0.1) is 0 Å². The van der Waals surface area contributed by atoms with Gasteiger partial charge in [-0.3, -0.25) is 9.59 Å². The maximum Gasteiger partial charge on any atom is 0.323 e. The Balaban J connectivity index is 2.27. The van der Waals surface area contributed by atoms with E-state index in [-0.39, 0.29) is 24.2 Å². The molecular formula is C15H17NO3S. The summed E-state index contributed by atoms with van der Waals surface area (Å²) in [6.07, 6.45) is 8.84. The predicted molar refractivity (Wildman–Crippen MR) is 79.7 cm³/mol. The first-order valence-corrected chi connectivity index (χ1v) is 7.32. The molecular weight excluding hydrogens is 274 g/mol. The van der Waals surface area contributed by atoms with Crippen LogP contribution in [0.25, 0.3) is 0 Å². The highest BCUT2D eigenvalue weighted by Crippen LogP contribution is 2.38. The number of nitrogens with zero attached hydrogens (tertiary/aromatic N) is 1. The Hall–Kier alpha value is -1.75. The molecule has 0 aromatic carbocycles. The summed E-state index contributed by atoms with van der Waals surface area (Å²) in [5.41, 5.74) is 0.970. The van der Waals surface area contributed by atoms with E-state index in [9.17, 15) is 9.59 Å². The average Bonchev–Trinajstić information content (AvgIpc) is 2.37. The molecule has 5 heteroatoms. The lowest BCUT2D eigenvalue weighted by atomic mass is 9.81. The molecule has 1 aliphatic carbocycles. The van der Waals surface area contributed by atoms with E-state index in [1.54, 1.807) is 29.5 Å². The van der Waals surface area contributed by atoms with E-state index in [1.165, 1.54) is 11.8 Å². The van der Waals surface area contributed by atoms with Gasteiger partial charge in [0.1, 0.15) is 6.54 Å². The Kier molecular flexibility index (Phi) is 4.49. The van der Waals surface area contributed by atoms with Crippen LogP contribution in [-0.2, 0) is 9.59 Å². The third-order valence-electron chi connectivity index (χ3n) is 3.18. The molecule has 4 nitrogen and oxygen atoms in total. The summed E-state index contributed by atoms with van der Waals surface area (Å²) in [6, 6.07) is 0. The van der Waals surface area contributed by atoms with Crippen LogP contribution in [0.2, 0.25) is 0 Å². The van der Waals surface area contributed by atoms with Crippen molar-refractivity contribution in [1.82, 2.24) is 4.90 Å². The Morgan fingerprint density at radius 3 is 2.90 bits per heavy atom. The number of hydrogen-bond donors (Lipinski definition) is 1. The molecule has 2 aliphatic rings. The summed E-state index contributed by atoms with van der Waals surface area (Å²) in [5, 5.41) is 10.7. The van der Waals surface area contributed by atoms with Gasteiger partial charge >= 0.3 is 5.97 Å². The second-order valence-electron chi connectivity index (χ2n) is 5.07. The molecule has 1 heterocycles. The van der Waals surface area contributed by atoms with E-state index < -0.39 is 5.97 Å². The summed E-state index contributed by atoms with van der Waals surface area (Å²) >= 11 is 1.52. The number of carboxylic acid groups (broad SMARTS) is 1. The minimum Gasteiger partial charge on any atom is -0.480 e. The molecule has 0 saturated heterocycles. The van der Waals surface area contributed by atoms with E-state index in [0.717, 1.165) is 10.5 Å². The molecule has 106 valence electrons. The zero-order valence-electron chi connectivity index (χ0n) is 11.4. The molecule has 1 aliphatic heterocycles. The van der Waals surface area contributed by atoms with Crippen molar-refractivity contribution in [2.45, 2.75) is 13.8 Å². The van der Waals surface area contributed by atoms with Crippen molar-refractivity contribution in [2.24, 2.45) is 11.8 Å². The highest BCUT2D eigenvalue weighted by Gasteiger charge is 2.29. The van der Waals surface area contributed by atoms with Crippen LogP contribution < -0.4 is 0 Å². The van der Waals surface area contributed by atoms with Gasteiger partial charge < -0.3 is 10.0 Å². The van der Waals surface area contributed by atoms with Gasteiger partial charge in [-0.25, -0.2) is 0 Å². The van der Waals surface area contributed by atoms with Crippen LogP contribution in [0, 0.1) is 11.8 Å². The van der Waals surface area contributed by atoms with Gasteiger partial charge in [0.2, 0.25) is 0 Å². The zero-order chi connectivity index (χ0) is 14.7. The molecule has 20 heavy (non-hydrogen) atoms. The predicted octanol–water partition coefficient (Wildman–Crippen LogP) is 2.77. The first kappa shape index (κ1) is 14.7. The zero-order valence-corrected chi connectivity index (χ0v) is 12.3. The van der Waals surface area contributed by atoms with Crippen LogP contribution in [0.5, 0.6) is 0 Å². The lowest BCUT2D eigenvalue weighted by Gasteiger charge is -2.27. The van der Waals surface area contributed by atoms with Gasteiger partial charge in [0.25, 0.3) is 0 Å². The highest BCUT2D eigenvalue weighted by molar-refractivity contribution is 8.06. The number of carboxylic acids is 1. The van der Waals surface area contributed by atoms with Crippen molar-refractivity contribution in [3.8, 4) is 0 Å². The molecule has 0 aromatic heterocycles. The largest absolute Gasteiger partial charge is 0.480 e. The SMILES string of the molecule is CC(C)C1C(=O)C=CC=C1C1=CN(CC(=O)O)C=CS1. The summed E-state index contributed by atoms with van der Waals surface area (Å²) in [5.74, 6) is -0.722.